The highest BCUT2D eigenvalue weighted by Gasteiger charge is 2.19. The van der Waals surface area contributed by atoms with E-state index in [4.69, 9.17) is 0 Å². The first-order valence-corrected chi connectivity index (χ1v) is 6.55. The highest BCUT2D eigenvalue weighted by atomic mass is 15.2. The van der Waals surface area contributed by atoms with Gasteiger partial charge < -0.3 is 10.2 Å². The summed E-state index contributed by atoms with van der Waals surface area (Å²) in [5.41, 5.74) is 1.33. The molecule has 0 aromatic carbocycles. The molecular formula is C14H23N3. The molecule has 1 unspecified atom stereocenters. The van der Waals surface area contributed by atoms with Crippen LogP contribution < -0.4 is 10.2 Å². The maximum atomic E-state index is 4.57. The summed E-state index contributed by atoms with van der Waals surface area (Å²) in [6.07, 6.45) is 4.35. The summed E-state index contributed by atoms with van der Waals surface area (Å²) in [5.74, 6) is 1.78. The Hall–Kier alpha value is -1.09. The highest BCUT2D eigenvalue weighted by Crippen LogP contribution is 2.17. The van der Waals surface area contributed by atoms with Crippen molar-refractivity contribution in [2.45, 2.75) is 32.7 Å². The van der Waals surface area contributed by atoms with Crippen molar-refractivity contribution in [2.24, 2.45) is 5.92 Å². The van der Waals surface area contributed by atoms with Gasteiger partial charge in [0.25, 0.3) is 0 Å². The summed E-state index contributed by atoms with van der Waals surface area (Å²) in [6, 6.07) is 4.95. The molecule has 1 fully saturated rings. The molecule has 0 bridgehead atoms. The summed E-state index contributed by atoms with van der Waals surface area (Å²) in [7, 11) is 2.14. The molecule has 3 heteroatoms. The molecule has 94 valence electrons. The van der Waals surface area contributed by atoms with E-state index in [-0.39, 0.29) is 0 Å². The van der Waals surface area contributed by atoms with Crippen LogP contribution in [0, 0.1) is 5.92 Å². The number of likely N-dealkylation sites (N-methyl/N-ethyl adjacent to an activating group) is 1. The standard InChI is InChI=1S/C14H23N3/c1-11(2)8-12-4-5-14(16-9-12)17(3)13-6-7-15-10-13/h4-5,9,11,13,15H,6-8,10H2,1-3H3. The molecule has 0 radical (unpaired) electrons. The molecule has 1 saturated heterocycles. The van der Waals surface area contributed by atoms with Crippen LogP contribution in [0.1, 0.15) is 25.8 Å². The lowest BCUT2D eigenvalue weighted by atomic mass is 10.1. The summed E-state index contributed by atoms with van der Waals surface area (Å²) < 4.78 is 0. The first-order valence-electron chi connectivity index (χ1n) is 6.55. The number of hydrogen-bond donors (Lipinski definition) is 1. The Labute approximate surface area is 104 Å². The molecular weight excluding hydrogens is 210 g/mol. The molecule has 1 N–H and O–H groups in total. The van der Waals surface area contributed by atoms with Gasteiger partial charge in [0.05, 0.1) is 0 Å². The van der Waals surface area contributed by atoms with E-state index in [1.165, 1.54) is 12.0 Å². The van der Waals surface area contributed by atoms with Gasteiger partial charge in [-0.05, 0) is 36.9 Å². The van der Waals surface area contributed by atoms with Crippen LogP contribution in [0.25, 0.3) is 0 Å². The molecule has 0 saturated carbocycles. The molecule has 17 heavy (non-hydrogen) atoms. The van der Waals surface area contributed by atoms with E-state index in [0.717, 1.165) is 25.3 Å². The van der Waals surface area contributed by atoms with Crippen LogP contribution in [-0.2, 0) is 6.42 Å². The fraction of sp³-hybridized carbons (Fsp3) is 0.643. The lowest BCUT2D eigenvalue weighted by Gasteiger charge is -2.24. The van der Waals surface area contributed by atoms with Gasteiger partial charge in [0.2, 0.25) is 0 Å². The molecule has 1 atom stereocenters. The van der Waals surface area contributed by atoms with Crippen LogP contribution in [0.4, 0.5) is 5.82 Å². The first-order chi connectivity index (χ1) is 8.16. The Kier molecular flexibility index (Phi) is 4.00. The summed E-state index contributed by atoms with van der Waals surface area (Å²) in [6.45, 7) is 6.68. The zero-order valence-corrected chi connectivity index (χ0v) is 11.1. The molecule has 2 heterocycles. The molecule has 1 aromatic heterocycles. The van der Waals surface area contributed by atoms with Gasteiger partial charge in [-0.15, -0.1) is 0 Å². The minimum atomic E-state index is 0.596. The summed E-state index contributed by atoms with van der Waals surface area (Å²) >= 11 is 0. The van der Waals surface area contributed by atoms with Crippen molar-refractivity contribution >= 4 is 5.82 Å². The van der Waals surface area contributed by atoms with Gasteiger partial charge in [-0.2, -0.15) is 0 Å². The minimum absolute atomic E-state index is 0.596. The number of hydrogen-bond acceptors (Lipinski definition) is 3. The number of nitrogens with one attached hydrogen (secondary N) is 1. The Morgan fingerprint density at radius 2 is 2.29 bits per heavy atom. The number of aromatic nitrogens is 1. The van der Waals surface area contributed by atoms with Crippen molar-refractivity contribution in [3.63, 3.8) is 0 Å². The van der Waals surface area contributed by atoms with Gasteiger partial charge >= 0.3 is 0 Å². The van der Waals surface area contributed by atoms with E-state index in [9.17, 15) is 0 Å². The van der Waals surface area contributed by atoms with Gasteiger partial charge in [0.1, 0.15) is 5.82 Å². The topological polar surface area (TPSA) is 28.2 Å². The predicted molar refractivity (Wildman–Crippen MR) is 72.5 cm³/mol. The fourth-order valence-corrected chi connectivity index (χ4v) is 2.37. The highest BCUT2D eigenvalue weighted by molar-refractivity contribution is 5.40. The zero-order valence-electron chi connectivity index (χ0n) is 11.1. The smallest absolute Gasteiger partial charge is 0.128 e. The average molecular weight is 233 g/mol. The van der Waals surface area contributed by atoms with Crippen LogP contribution >= 0.6 is 0 Å². The molecule has 0 amide bonds. The van der Waals surface area contributed by atoms with E-state index < -0.39 is 0 Å². The zero-order chi connectivity index (χ0) is 12.3. The van der Waals surface area contributed by atoms with E-state index in [1.54, 1.807) is 0 Å². The van der Waals surface area contributed by atoms with E-state index in [2.05, 4.69) is 48.2 Å². The van der Waals surface area contributed by atoms with Gasteiger partial charge in [0, 0.05) is 25.8 Å². The van der Waals surface area contributed by atoms with Crippen LogP contribution in [0.15, 0.2) is 18.3 Å². The number of pyridine rings is 1. The SMILES string of the molecule is CC(C)Cc1ccc(N(C)C2CCNC2)nc1. The van der Waals surface area contributed by atoms with Crippen molar-refractivity contribution in [3.8, 4) is 0 Å². The van der Waals surface area contributed by atoms with Crippen molar-refractivity contribution in [3.05, 3.63) is 23.9 Å². The van der Waals surface area contributed by atoms with E-state index >= 15 is 0 Å². The molecule has 1 aromatic rings. The van der Waals surface area contributed by atoms with Crippen LogP contribution in [-0.4, -0.2) is 31.2 Å². The molecule has 1 aliphatic heterocycles. The minimum Gasteiger partial charge on any atom is -0.355 e. The lowest BCUT2D eigenvalue weighted by Crippen LogP contribution is -2.33. The third kappa shape index (κ3) is 3.19. The molecule has 2 rings (SSSR count). The maximum Gasteiger partial charge on any atom is 0.128 e. The van der Waals surface area contributed by atoms with E-state index in [0.29, 0.717) is 12.0 Å². The third-order valence-electron chi connectivity index (χ3n) is 3.40. The Morgan fingerprint density at radius 1 is 1.47 bits per heavy atom. The number of rotatable bonds is 4. The van der Waals surface area contributed by atoms with E-state index in [1.807, 2.05) is 6.20 Å². The second-order valence-corrected chi connectivity index (χ2v) is 5.38. The van der Waals surface area contributed by atoms with Gasteiger partial charge in [-0.1, -0.05) is 19.9 Å². The van der Waals surface area contributed by atoms with Crippen LogP contribution in [0.3, 0.4) is 0 Å². The van der Waals surface area contributed by atoms with Crippen molar-refractivity contribution < 1.29 is 0 Å². The monoisotopic (exact) mass is 233 g/mol. The van der Waals surface area contributed by atoms with Crippen molar-refractivity contribution in [1.29, 1.82) is 0 Å². The predicted octanol–water partition coefficient (Wildman–Crippen LogP) is 2.08. The quantitative estimate of drug-likeness (QED) is 0.863. The van der Waals surface area contributed by atoms with Crippen molar-refractivity contribution in [2.75, 3.05) is 25.0 Å². The van der Waals surface area contributed by atoms with Gasteiger partial charge in [0.15, 0.2) is 0 Å². The average Bonchev–Trinajstić information content (AvgIpc) is 2.82. The van der Waals surface area contributed by atoms with Crippen LogP contribution in [0.5, 0.6) is 0 Å². The number of anilines is 1. The molecule has 1 aliphatic rings. The fourth-order valence-electron chi connectivity index (χ4n) is 2.37. The second kappa shape index (κ2) is 5.50. The number of nitrogens with zero attached hydrogens (tertiary/aromatic N) is 2. The normalized spacial score (nSPS) is 19.9. The molecule has 3 nitrogen and oxygen atoms in total. The molecule has 0 spiro atoms. The Bertz CT molecular complexity index is 339. The first kappa shape index (κ1) is 12.4. The molecule has 0 aliphatic carbocycles. The lowest BCUT2D eigenvalue weighted by molar-refractivity contribution is 0.643. The summed E-state index contributed by atoms with van der Waals surface area (Å²) in [4.78, 5) is 6.87. The van der Waals surface area contributed by atoms with Gasteiger partial charge in [-0.3, -0.25) is 0 Å². The summed E-state index contributed by atoms with van der Waals surface area (Å²) in [5, 5.41) is 3.39. The third-order valence-corrected chi connectivity index (χ3v) is 3.40. The van der Waals surface area contributed by atoms with Gasteiger partial charge in [-0.25, -0.2) is 4.98 Å². The second-order valence-electron chi connectivity index (χ2n) is 5.38. The Balaban J connectivity index is 2.01. The van der Waals surface area contributed by atoms with Crippen molar-refractivity contribution in [1.82, 2.24) is 10.3 Å². The Morgan fingerprint density at radius 3 is 2.82 bits per heavy atom. The maximum absolute atomic E-state index is 4.57. The van der Waals surface area contributed by atoms with Crippen LogP contribution in [0.2, 0.25) is 0 Å². The largest absolute Gasteiger partial charge is 0.355 e.